The third-order valence-electron chi connectivity index (χ3n) is 3.15. The van der Waals surface area contributed by atoms with Gasteiger partial charge in [-0.1, -0.05) is 21.9 Å². The van der Waals surface area contributed by atoms with Crippen molar-refractivity contribution in [3.8, 4) is 18.1 Å². The van der Waals surface area contributed by atoms with Gasteiger partial charge in [0.15, 0.2) is 0 Å². The lowest BCUT2D eigenvalue weighted by atomic mass is 10.0. The molecule has 2 rings (SSSR count). The molecule has 6 heteroatoms. The zero-order chi connectivity index (χ0) is 14.9. The number of benzene rings is 1. The molecule has 0 saturated heterocycles. The smallest absolute Gasteiger partial charge is 0.347 e. The van der Waals surface area contributed by atoms with Gasteiger partial charge < -0.3 is 10.5 Å². The number of ether oxygens (including phenoxy) is 1. The average molecular weight is 336 g/mol. The highest BCUT2D eigenvalue weighted by Crippen LogP contribution is 2.36. The number of amidine groups is 1. The Kier molecular flexibility index (Phi) is 4.00. The molecule has 20 heavy (non-hydrogen) atoms. The van der Waals surface area contributed by atoms with E-state index < -0.39 is 18.1 Å². The molecule has 1 heterocycles. The van der Waals surface area contributed by atoms with E-state index in [1.165, 1.54) is 4.90 Å². The van der Waals surface area contributed by atoms with Gasteiger partial charge >= 0.3 is 6.03 Å². The van der Waals surface area contributed by atoms with Crippen LogP contribution in [0.3, 0.4) is 0 Å². The summed E-state index contributed by atoms with van der Waals surface area (Å²) in [6, 6.07) is 4.14. The molecular weight excluding hydrogens is 322 g/mol. The summed E-state index contributed by atoms with van der Waals surface area (Å²) in [7, 11) is 1.56. The van der Waals surface area contributed by atoms with Crippen LogP contribution in [0.2, 0.25) is 0 Å². The molecule has 2 N–H and O–H groups in total. The summed E-state index contributed by atoms with van der Waals surface area (Å²) in [5.41, 5.74) is 6.65. The van der Waals surface area contributed by atoms with Crippen LogP contribution in [-0.2, 0) is 0 Å². The van der Waals surface area contributed by atoms with Crippen molar-refractivity contribution >= 4 is 27.8 Å². The fraction of sp³-hybridized carbons (Fsp3) is 0.286. The lowest BCUT2D eigenvalue weighted by Crippen LogP contribution is -2.39. The molecule has 2 unspecified atom stereocenters. The zero-order valence-electron chi connectivity index (χ0n) is 11.1. The second kappa shape index (κ2) is 5.55. The Morgan fingerprint density at radius 2 is 2.30 bits per heavy atom. The van der Waals surface area contributed by atoms with Crippen LogP contribution in [0.1, 0.15) is 18.5 Å². The van der Waals surface area contributed by atoms with Crippen molar-refractivity contribution in [3.05, 3.63) is 28.2 Å². The van der Waals surface area contributed by atoms with Crippen LogP contribution < -0.4 is 10.5 Å². The normalized spacial score (nSPS) is 19.5. The molecule has 1 aromatic rings. The second-order valence-corrected chi connectivity index (χ2v) is 5.27. The lowest BCUT2D eigenvalue weighted by molar-refractivity contribution is 0.198. The topological polar surface area (TPSA) is 67.9 Å². The number of aliphatic imine (C=N–C) groups is 1. The van der Waals surface area contributed by atoms with Crippen LogP contribution >= 0.6 is 15.9 Å². The van der Waals surface area contributed by atoms with Crippen molar-refractivity contribution in [2.24, 2.45) is 10.7 Å². The minimum atomic E-state index is -0.513. The summed E-state index contributed by atoms with van der Waals surface area (Å²) in [6.07, 6.45) is 5.42. The maximum atomic E-state index is 12.0. The monoisotopic (exact) mass is 335 g/mol. The quantitative estimate of drug-likeness (QED) is 0.862. The van der Waals surface area contributed by atoms with E-state index >= 15 is 0 Å². The fourth-order valence-electron chi connectivity index (χ4n) is 2.18. The predicted octanol–water partition coefficient (Wildman–Crippen LogP) is 2.31. The number of carbonyl (C=O) groups excluding carboxylic acids is 1. The van der Waals surface area contributed by atoms with Gasteiger partial charge in [-0.2, -0.15) is 4.99 Å². The van der Waals surface area contributed by atoms with E-state index in [9.17, 15) is 4.79 Å². The number of carbonyl (C=O) groups is 1. The number of urea groups is 1. The Morgan fingerprint density at radius 3 is 2.90 bits per heavy atom. The van der Waals surface area contributed by atoms with Gasteiger partial charge in [0.05, 0.1) is 13.2 Å². The SMILES string of the molecule is C#CC(C)N1C(=O)N=C(N)C1c1cc(Br)ccc1OC. The van der Waals surface area contributed by atoms with Gasteiger partial charge in [0.2, 0.25) is 0 Å². The van der Waals surface area contributed by atoms with Gasteiger partial charge in [-0.3, -0.25) is 4.90 Å². The van der Waals surface area contributed by atoms with Crippen LogP contribution in [0.15, 0.2) is 27.7 Å². The third kappa shape index (κ3) is 2.37. The molecule has 5 nitrogen and oxygen atoms in total. The van der Waals surface area contributed by atoms with Gasteiger partial charge in [-0.15, -0.1) is 6.42 Å². The van der Waals surface area contributed by atoms with E-state index in [1.807, 2.05) is 12.1 Å². The number of hydrogen-bond donors (Lipinski definition) is 1. The van der Waals surface area contributed by atoms with E-state index in [1.54, 1.807) is 20.1 Å². The van der Waals surface area contributed by atoms with Gasteiger partial charge in [0, 0.05) is 10.0 Å². The Hall–Kier alpha value is -2.00. The minimum absolute atomic E-state index is 0.216. The Labute approximate surface area is 125 Å². The van der Waals surface area contributed by atoms with Gasteiger partial charge in [0.25, 0.3) is 0 Å². The Balaban J connectivity index is 2.54. The summed E-state index contributed by atoms with van der Waals surface area (Å²) in [5.74, 6) is 3.37. The van der Waals surface area contributed by atoms with Gasteiger partial charge in [0.1, 0.15) is 17.6 Å². The first-order valence-corrected chi connectivity index (χ1v) is 6.74. The van der Waals surface area contributed by atoms with Crippen molar-refractivity contribution in [2.45, 2.75) is 19.0 Å². The number of amides is 2. The first-order valence-electron chi connectivity index (χ1n) is 5.95. The predicted molar refractivity (Wildman–Crippen MR) is 80.6 cm³/mol. The third-order valence-corrected chi connectivity index (χ3v) is 3.64. The minimum Gasteiger partial charge on any atom is -0.496 e. The molecule has 1 aromatic carbocycles. The number of terminal acetylenes is 1. The molecule has 0 aromatic heterocycles. The van der Waals surface area contributed by atoms with Crippen LogP contribution in [0, 0.1) is 12.3 Å². The molecule has 0 fully saturated rings. The van der Waals surface area contributed by atoms with Gasteiger partial charge in [-0.25, -0.2) is 4.79 Å². The van der Waals surface area contributed by atoms with Crippen LogP contribution in [0.25, 0.3) is 0 Å². The molecule has 2 atom stereocenters. The molecule has 1 aliphatic rings. The van der Waals surface area contributed by atoms with Crippen molar-refractivity contribution in [3.63, 3.8) is 0 Å². The molecule has 0 saturated carbocycles. The van der Waals surface area contributed by atoms with Gasteiger partial charge in [-0.05, 0) is 25.1 Å². The summed E-state index contributed by atoms with van der Waals surface area (Å²) < 4.78 is 6.19. The number of methoxy groups -OCH3 is 1. The summed E-state index contributed by atoms with van der Waals surface area (Å²) in [6.45, 7) is 1.75. The number of nitrogens with two attached hydrogens (primary N) is 1. The van der Waals surface area contributed by atoms with Crippen LogP contribution in [-0.4, -0.2) is 29.9 Å². The molecule has 104 valence electrons. The number of nitrogens with zero attached hydrogens (tertiary/aromatic N) is 2. The van der Waals surface area contributed by atoms with E-state index in [0.717, 1.165) is 10.0 Å². The molecule has 1 aliphatic heterocycles. The number of halogens is 1. The molecule has 0 bridgehead atoms. The Morgan fingerprint density at radius 1 is 1.60 bits per heavy atom. The molecular formula is C14H14BrN3O2. The summed E-state index contributed by atoms with van der Waals surface area (Å²) >= 11 is 3.40. The molecule has 2 amide bonds. The fourth-order valence-corrected chi connectivity index (χ4v) is 2.56. The molecule has 0 aliphatic carbocycles. The highest BCUT2D eigenvalue weighted by Gasteiger charge is 2.38. The van der Waals surface area contributed by atoms with Crippen LogP contribution in [0.5, 0.6) is 5.75 Å². The highest BCUT2D eigenvalue weighted by atomic mass is 79.9. The molecule has 0 radical (unpaired) electrons. The standard InChI is InChI=1S/C14H14BrN3O2/c1-4-8(2)18-12(13(16)17-14(18)19)10-7-9(15)5-6-11(10)20-3/h1,5-8,12H,2-3H3,(H2,16,17,19). The second-order valence-electron chi connectivity index (χ2n) is 4.36. The Bertz CT molecular complexity index is 621. The van der Waals surface area contributed by atoms with Crippen LogP contribution in [0.4, 0.5) is 4.79 Å². The summed E-state index contributed by atoms with van der Waals surface area (Å²) in [5, 5.41) is 0. The van der Waals surface area contributed by atoms with Crippen molar-refractivity contribution in [2.75, 3.05) is 7.11 Å². The number of rotatable bonds is 3. The number of hydrogen-bond acceptors (Lipinski definition) is 3. The largest absolute Gasteiger partial charge is 0.496 e. The zero-order valence-corrected chi connectivity index (χ0v) is 12.7. The maximum Gasteiger partial charge on any atom is 0.347 e. The average Bonchev–Trinajstić information content (AvgIpc) is 2.72. The van der Waals surface area contributed by atoms with E-state index in [2.05, 4.69) is 26.8 Å². The van der Waals surface area contributed by atoms with Crippen molar-refractivity contribution in [1.82, 2.24) is 4.90 Å². The lowest BCUT2D eigenvalue weighted by Gasteiger charge is -2.28. The van der Waals surface area contributed by atoms with Crippen molar-refractivity contribution in [1.29, 1.82) is 0 Å². The maximum absolute atomic E-state index is 12.0. The van der Waals surface area contributed by atoms with E-state index in [-0.39, 0.29) is 5.84 Å². The summed E-state index contributed by atoms with van der Waals surface area (Å²) in [4.78, 5) is 17.3. The molecule has 0 spiro atoms. The highest BCUT2D eigenvalue weighted by molar-refractivity contribution is 9.10. The first-order chi connectivity index (χ1) is 9.49. The van der Waals surface area contributed by atoms with E-state index in [0.29, 0.717) is 5.75 Å². The first kappa shape index (κ1) is 14.4. The van der Waals surface area contributed by atoms with Crippen molar-refractivity contribution < 1.29 is 9.53 Å². The van der Waals surface area contributed by atoms with E-state index in [4.69, 9.17) is 16.9 Å².